The van der Waals surface area contributed by atoms with E-state index in [1.54, 1.807) is 11.8 Å². The summed E-state index contributed by atoms with van der Waals surface area (Å²) in [5.74, 6) is 1.25. The molecule has 3 heterocycles. The number of hydrogen-bond acceptors (Lipinski definition) is 6. The van der Waals surface area contributed by atoms with Gasteiger partial charge in [0.15, 0.2) is 15.5 Å². The van der Waals surface area contributed by atoms with Crippen molar-refractivity contribution in [1.82, 2.24) is 20.1 Å². The lowest BCUT2D eigenvalue weighted by atomic mass is 9.70. The van der Waals surface area contributed by atoms with E-state index in [0.717, 1.165) is 24.8 Å². The molecule has 2 aromatic heterocycles. The Morgan fingerprint density at radius 2 is 2.00 bits per heavy atom. The van der Waals surface area contributed by atoms with Gasteiger partial charge in [-0.2, -0.15) is 5.10 Å². The van der Waals surface area contributed by atoms with Crippen molar-refractivity contribution in [2.24, 2.45) is 11.3 Å². The van der Waals surface area contributed by atoms with E-state index in [-0.39, 0.29) is 34.9 Å². The van der Waals surface area contributed by atoms with Crippen molar-refractivity contribution in [1.29, 1.82) is 0 Å². The highest BCUT2D eigenvalue weighted by atomic mass is 32.2. The molecule has 0 radical (unpaired) electrons. The number of methoxy groups -OCH3 is 1. The highest BCUT2D eigenvalue weighted by Crippen LogP contribution is 2.39. The van der Waals surface area contributed by atoms with Gasteiger partial charge in [-0.3, -0.25) is 4.79 Å². The molecular formula is C28H36N4O4S. The normalized spacial score (nSPS) is 24.7. The second kappa shape index (κ2) is 9.42. The predicted molar refractivity (Wildman–Crippen MR) is 145 cm³/mol. The minimum absolute atomic E-state index is 0.0326. The van der Waals surface area contributed by atoms with Gasteiger partial charge in [0.25, 0.3) is 5.91 Å². The monoisotopic (exact) mass is 524 g/mol. The minimum Gasteiger partial charge on any atom is -0.497 e. The topological polar surface area (TPSA) is 103 Å². The molecular weight excluding hydrogens is 488 g/mol. The van der Waals surface area contributed by atoms with Crippen molar-refractivity contribution in [2.45, 2.75) is 65.5 Å². The molecule has 1 saturated carbocycles. The number of ether oxygens (including phenoxy) is 1. The number of carbonyl (C=O) groups is 1. The smallest absolute Gasteiger partial charge is 0.252 e. The number of aromatic nitrogens is 3. The molecule has 3 unspecified atom stereocenters. The Hall–Kier alpha value is -2.94. The highest BCUT2D eigenvalue weighted by molar-refractivity contribution is 7.91. The van der Waals surface area contributed by atoms with Crippen LogP contribution in [-0.2, 0) is 9.84 Å². The standard InChI is InChI=1S/C28H36N4O4S/c1-17-11-20(15-28(3,4)14-17)29-27(33)23-13-24(19-7-6-8-22(12-19)36-5)30-26-25(23)18(2)31-32(26)21-9-10-37(34,35)16-21/h6-8,12-13,17,20-21H,9-11,14-16H2,1-5H3,(H,29,33). The lowest BCUT2D eigenvalue weighted by Crippen LogP contribution is -2.43. The second-order valence-electron chi connectivity index (χ2n) is 11.7. The molecule has 3 atom stereocenters. The second-order valence-corrected chi connectivity index (χ2v) is 13.9. The molecule has 198 valence electrons. The molecule has 2 fully saturated rings. The van der Waals surface area contributed by atoms with Gasteiger partial charge >= 0.3 is 0 Å². The van der Waals surface area contributed by atoms with Crippen LogP contribution in [0.4, 0.5) is 0 Å². The van der Waals surface area contributed by atoms with E-state index in [9.17, 15) is 13.2 Å². The van der Waals surface area contributed by atoms with Crippen LogP contribution in [0.1, 0.15) is 68.5 Å². The number of rotatable bonds is 5. The summed E-state index contributed by atoms with van der Waals surface area (Å²) in [6, 6.07) is 9.17. The minimum atomic E-state index is -3.12. The molecule has 2 aliphatic rings. The third kappa shape index (κ3) is 5.23. The zero-order valence-corrected chi connectivity index (χ0v) is 23.1. The van der Waals surface area contributed by atoms with Gasteiger partial charge in [-0.15, -0.1) is 0 Å². The van der Waals surface area contributed by atoms with Crippen molar-refractivity contribution in [3.05, 3.63) is 41.6 Å². The maximum atomic E-state index is 13.8. The molecule has 1 aliphatic carbocycles. The summed E-state index contributed by atoms with van der Waals surface area (Å²) in [6.07, 6.45) is 3.51. The summed E-state index contributed by atoms with van der Waals surface area (Å²) in [5.41, 5.74) is 3.34. The fraction of sp³-hybridized carbons (Fsp3) is 0.536. The number of sulfone groups is 1. The number of amides is 1. The molecule has 1 aromatic carbocycles. The third-order valence-corrected chi connectivity index (χ3v) is 9.47. The van der Waals surface area contributed by atoms with Gasteiger partial charge in [-0.1, -0.05) is 32.9 Å². The number of hydrogen-bond donors (Lipinski definition) is 1. The quantitative estimate of drug-likeness (QED) is 0.518. The Balaban J connectivity index is 1.62. The number of nitrogens with zero attached hydrogens (tertiary/aromatic N) is 3. The van der Waals surface area contributed by atoms with Crippen LogP contribution in [0.25, 0.3) is 22.3 Å². The van der Waals surface area contributed by atoms with Gasteiger partial charge in [0.05, 0.1) is 47.0 Å². The first-order valence-corrected chi connectivity index (χ1v) is 14.8. The van der Waals surface area contributed by atoms with Crippen LogP contribution in [-0.4, -0.2) is 53.7 Å². The van der Waals surface area contributed by atoms with Gasteiger partial charge in [0.2, 0.25) is 0 Å². The molecule has 1 saturated heterocycles. The van der Waals surface area contributed by atoms with E-state index in [2.05, 4.69) is 26.1 Å². The molecule has 8 nitrogen and oxygen atoms in total. The van der Waals surface area contributed by atoms with Crippen LogP contribution < -0.4 is 10.1 Å². The summed E-state index contributed by atoms with van der Waals surface area (Å²) in [4.78, 5) is 18.8. The Bertz CT molecular complexity index is 1460. The largest absolute Gasteiger partial charge is 0.497 e. The number of fused-ring (bicyclic) bond motifs is 1. The SMILES string of the molecule is COc1cccc(-c2cc(C(=O)NC3CC(C)CC(C)(C)C3)c3c(C)nn(C4CCS(=O)(=O)C4)c3n2)c1. The number of nitrogens with one attached hydrogen (secondary N) is 1. The van der Waals surface area contributed by atoms with Crippen LogP contribution in [0.2, 0.25) is 0 Å². The molecule has 1 N–H and O–H groups in total. The predicted octanol–water partition coefficient (Wildman–Crippen LogP) is 4.72. The number of aryl methyl sites for hydroxylation is 1. The van der Waals surface area contributed by atoms with Gasteiger partial charge in [0, 0.05) is 11.6 Å². The van der Waals surface area contributed by atoms with Crippen LogP contribution in [0.15, 0.2) is 30.3 Å². The van der Waals surface area contributed by atoms with E-state index in [1.807, 2.05) is 37.3 Å². The zero-order chi connectivity index (χ0) is 26.5. The molecule has 1 aliphatic heterocycles. The van der Waals surface area contributed by atoms with E-state index >= 15 is 0 Å². The number of benzene rings is 1. The summed E-state index contributed by atoms with van der Waals surface area (Å²) in [6.45, 7) is 8.63. The lowest BCUT2D eigenvalue weighted by Gasteiger charge is -2.39. The molecule has 0 spiro atoms. The molecule has 37 heavy (non-hydrogen) atoms. The Morgan fingerprint density at radius 3 is 2.68 bits per heavy atom. The first kappa shape index (κ1) is 25.7. The lowest BCUT2D eigenvalue weighted by molar-refractivity contribution is 0.0875. The third-order valence-electron chi connectivity index (χ3n) is 7.72. The number of pyridine rings is 1. The van der Waals surface area contributed by atoms with E-state index in [4.69, 9.17) is 14.8 Å². The average molecular weight is 525 g/mol. The fourth-order valence-electron chi connectivity index (χ4n) is 6.36. The number of carbonyl (C=O) groups excluding carboxylic acids is 1. The maximum Gasteiger partial charge on any atom is 0.252 e. The van der Waals surface area contributed by atoms with E-state index < -0.39 is 9.84 Å². The van der Waals surface area contributed by atoms with Crippen LogP contribution >= 0.6 is 0 Å². The summed E-state index contributed by atoms with van der Waals surface area (Å²) >= 11 is 0. The average Bonchev–Trinajstić information content (AvgIpc) is 3.35. The van der Waals surface area contributed by atoms with Gasteiger partial charge < -0.3 is 10.1 Å². The zero-order valence-electron chi connectivity index (χ0n) is 22.2. The van der Waals surface area contributed by atoms with Crippen molar-refractivity contribution in [3.8, 4) is 17.0 Å². The summed E-state index contributed by atoms with van der Waals surface area (Å²) in [5, 5.41) is 8.70. The Morgan fingerprint density at radius 1 is 1.22 bits per heavy atom. The molecule has 9 heteroatoms. The Labute approximate surface area is 218 Å². The van der Waals surface area contributed by atoms with E-state index in [1.165, 1.54) is 0 Å². The Kier molecular flexibility index (Phi) is 6.54. The summed E-state index contributed by atoms with van der Waals surface area (Å²) < 4.78 is 31.6. The van der Waals surface area contributed by atoms with Crippen LogP contribution in [0.5, 0.6) is 5.75 Å². The summed E-state index contributed by atoms with van der Waals surface area (Å²) in [7, 11) is -1.51. The van der Waals surface area contributed by atoms with Crippen molar-refractivity contribution in [2.75, 3.05) is 18.6 Å². The van der Waals surface area contributed by atoms with Gasteiger partial charge in [-0.05, 0) is 62.1 Å². The van der Waals surface area contributed by atoms with Crippen molar-refractivity contribution in [3.63, 3.8) is 0 Å². The molecule has 0 bridgehead atoms. The van der Waals surface area contributed by atoms with Crippen molar-refractivity contribution >= 4 is 26.8 Å². The van der Waals surface area contributed by atoms with Gasteiger partial charge in [-0.25, -0.2) is 18.1 Å². The molecule has 3 aromatic rings. The van der Waals surface area contributed by atoms with Crippen molar-refractivity contribution < 1.29 is 17.9 Å². The van der Waals surface area contributed by atoms with E-state index in [0.29, 0.717) is 46.1 Å². The fourth-order valence-corrected chi connectivity index (χ4v) is 8.06. The van der Waals surface area contributed by atoms with Crippen LogP contribution in [0.3, 0.4) is 0 Å². The highest BCUT2D eigenvalue weighted by Gasteiger charge is 2.35. The molecule has 5 rings (SSSR count). The maximum absolute atomic E-state index is 13.8. The first-order valence-electron chi connectivity index (χ1n) is 13.0. The van der Waals surface area contributed by atoms with Gasteiger partial charge in [0.1, 0.15) is 5.75 Å². The first-order chi connectivity index (χ1) is 17.4. The van der Waals surface area contributed by atoms with Crippen LogP contribution in [0, 0.1) is 18.3 Å². The molecule has 1 amide bonds.